The number of likely N-dealkylation sites (tertiary alicyclic amines) is 1. The zero-order valence-corrected chi connectivity index (χ0v) is 18.0. The Labute approximate surface area is 181 Å². The molecule has 0 bridgehead atoms. The lowest BCUT2D eigenvalue weighted by atomic mass is 9.99. The molecule has 1 fully saturated rings. The van der Waals surface area contributed by atoms with Crippen LogP contribution in [0.4, 0.5) is 0 Å². The summed E-state index contributed by atoms with van der Waals surface area (Å²) in [5.41, 5.74) is 0.345. The summed E-state index contributed by atoms with van der Waals surface area (Å²) in [6, 6.07) is 11.8. The Bertz CT molecular complexity index is 1100. The number of Topliss-reactive ketones (excluding diaryl/α,β-unsaturated/α-hetero) is 1. The Morgan fingerprint density at radius 2 is 1.83 bits per heavy atom. The van der Waals surface area contributed by atoms with Crippen LogP contribution in [0.3, 0.4) is 0 Å². The largest absolute Gasteiger partial charge is 0.507 e. The number of carbonyl (C=O) groups excluding carboxylic acids is 2. The number of hydrogen-bond acceptors (Lipinski definition) is 7. The van der Waals surface area contributed by atoms with Crippen LogP contribution in [0.2, 0.25) is 0 Å². The average molecular weight is 442 g/mol. The maximum atomic E-state index is 13.0. The number of ketones is 1. The summed E-state index contributed by atoms with van der Waals surface area (Å²) in [4.78, 5) is 29.3. The van der Waals surface area contributed by atoms with Crippen LogP contribution >= 0.6 is 22.7 Å². The van der Waals surface area contributed by atoms with Crippen molar-refractivity contribution >= 4 is 40.1 Å². The number of aliphatic hydroxyl groups excluding tert-OH is 1. The Hall–Kier alpha value is -3.10. The number of amides is 1. The fourth-order valence-corrected chi connectivity index (χ4v) is 5.05. The lowest BCUT2D eigenvalue weighted by Gasteiger charge is -2.23. The minimum atomic E-state index is -0.715. The molecule has 1 atom stereocenters. The van der Waals surface area contributed by atoms with Gasteiger partial charge in [0.05, 0.1) is 31.9 Å². The standard InChI is InChI=1S/C22H19NO5S2/c1-27-13-7-8-16(28-2)15(11-13)20(24)18-19(17-6-4-10-30-17)23(22(26)21(18)25)12-14-5-3-9-29-14/h3-11,19,24H,12H2,1-2H3/b20-18-. The molecule has 1 aromatic carbocycles. The minimum absolute atomic E-state index is 0.0468. The number of carbonyl (C=O) groups is 2. The SMILES string of the molecule is COc1ccc(OC)c(/C(O)=C2/C(=O)C(=O)N(Cc3cccs3)C2c2cccs2)c1. The second-order valence-electron chi connectivity index (χ2n) is 6.59. The van der Waals surface area contributed by atoms with Crippen LogP contribution in [-0.2, 0) is 16.1 Å². The van der Waals surface area contributed by atoms with E-state index < -0.39 is 17.7 Å². The lowest BCUT2D eigenvalue weighted by molar-refractivity contribution is -0.140. The first-order valence-electron chi connectivity index (χ1n) is 9.11. The average Bonchev–Trinajstić information content (AvgIpc) is 3.52. The minimum Gasteiger partial charge on any atom is -0.507 e. The van der Waals surface area contributed by atoms with E-state index in [0.29, 0.717) is 17.1 Å². The van der Waals surface area contributed by atoms with E-state index in [0.717, 1.165) is 9.75 Å². The predicted molar refractivity (Wildman–Crippen MR) is 116 cm³/mol. The van der Waals surface area contributed by atoms with Crippen molar-refractivity contribution in [3.05, 3.63) is 74.1 Å². The van der Waals surface area contributed by atoms with Crippen molar-refractivity contribution < 1.29 is 24.2 Å². The Kier molecular flexibility index (Phi) is 5.61. The molecule has 3 aromatic rings. The Morgan fingerprint density at radius 3 is 2.47 bits per heavy atom. The molecule has 1 aliphatic heterocycles. The molecule has 3 heterocycles. The first kappa shape index (κ1) is 20.2. The number of aliphatic hydroxyl groups is 1. The summed E-state index contributed by atoms with van der Waals surface area (Å²) in [7, 11) is 2.99. The zero-order chi connectivity index (χ0) is 21.3. The molecule has 1 amide bonds. The van der Waals surface area contributed by atoms with Gasteiger partial charge >= 0.3 is 0 Å². The fourth-order valence-electron chi connectivity index (χ4n) is 3.50. The second-order valence-corrected chi connectivity index (χ2v) is 8.60. The summed E-state index contributed by atoms with van der Waals surface area (Å²) in [6.07, 6.45) is 0. The van der Waals surface area contributed by atoms with Crippen molar-refractivity contribution in [3.8, 4) is 11.5 Å². The van der Waals surface area contributed by atoms with Crippen LogP contribution in [0, 0.1) is 0 Å². The third-order valence-electron chi connectivity index (χ3n) is 4.92. The van der Waals surface area contributed by atoms with E-state index in [2.05, 4.69) is 0 Å². The highest BCUT2D eigenvalue weighted by molar-refractivity contribution is 7.10. The number of thiophene rings is 2. The van der Waals surface area contributed by atoms with E-state index in [4.69, 9.17) is 9.47 Å². The summed E-state index contributed by atoms with van der Waals surface area (Å²) < 4.78 is 10.6. The first-order valence-corrected chi connectivity index (χ1v) is 10.9. The van der Waals surface area contributed by atoms with E-state index in [1.165, 1.54) is 41.8 Å². The molecule has 1 N–H and O–H groups in total. The van der Waals surface area contributed by atoms with Crippen molar-refractivity contribution in [2.75, 3.05) is 14.2 Å². The Morgan fingerprint density at radius 1 is 1.07 bits per heavy atom. The number of ether oxygens (including phenoxy) is 2. The molecular formula is C22H19NO5S2. The molecule has 0 spiro atoms. The molecule has 1 aliphatic rings. The third-order valence-corrected chi connectivity index (χ3v) is 6.71. The molecule has 4 rings (SSSR count). The maximum Gasteiger partial charge on any atom is 0.296 e. The van der Waals surface area contributed by atoms with Crippen molar-refractivity contribution in [2.24, 2.45) is 0 Å². The molecule has 0 saturated carbocycles. The molecule has 0 radical (unpaired) electrons. The number of nitrogens with zero attached hydrogens (tertiary/aromatic N) is 1. The summed E-state index contributed by atoms with van der Waals surface area (Å²) in [5, 5.41) is 15.0. The van der Waals surface area contributed by atoms with Gasteiger partial charge in [0, 0.05) is 9.75 Å². The third kappa shape index (κ3) is 3.48. The van der Waals surface area contributed by atoms with Crippen LogP contribution in [0.25, 0.3) is 5.76 Å². The number of hydrogen-bond donors (Lipinski definition) is 1. The normalized spacial score (nSPS) is 18.1. The highest BCUT2D eigenvalue weighted by Crippen LogP contribution is 2.43. The van der Waals surface area contributed by atoms with Crippen molar-refractivity contribution in [3.63, 3.8) is 0 Å². The van der Waals surface area contributed by atoms with E-state index in [1.54, 1.807) is 18.2 Å². The van der Waals surface area contributed by atoms with Gasteiger partial charge in [0.1, 0.15) is 23.3 Å². The van der Waals surface area contributed by atoms with E-state index in [9.17, 15) is 14.7 Å². The predicted octanol–water partition coefficient (Wildman–Crippen LogP) is 4.45. The number of benzene rings is 1. The zero-order valence-electron chi connectivity index (χ0n) is 16.3. The van der Waals surface area contributed by atoms with Gasteiger partial charge in [-0.1, -0.05) is 12.1 Å². The van der Waals surface area contributed by atoms with Gasteiger partial charge in [0.25, 0.3) is 11.7 Å². The molecule has 0 aliphatic carbocycles. The Balaban J connectivity index is 1.88. The molecule has 1 unspecified atom stereocenters. The molecular weight excluding hydrogens is 422 g/mol. The number of methoxy groups -OCH3 is 2. The van der Waals surface area contributed by atoms with Crippen LogP contribution < -0.4 is 9.47 Å². The quantitative estimate of drug-likeness (QED) is 0.348. The summed E-state index contributed by atoms with van der Waals surface area (Å²) >= 11 is 2.94. The van der Waals surface area contributed by atoms with Gasteiger partial charge in [0.2, 0.25) is 0 Å². The van der Waals surface area contributed by atoms with Gasteiger partial charge < -0.3 is 19.5 Å². The van der Waals surface area contributed by atoms with E-state index in [1.807, 2.05) is 35.0 Å². The molecule has 30 heavy (non-hydrogen) atoms. The molecule has 154 valence electrons. The summed E-state index contributed by atoms with van der Waals surface area (Å²) in [5.74, 6) is -0.755. The second kappa shape index (κ2) is 8.33. The maximum absolute atomic E-state index is 13.0. The van der Waals surface area contributed by atoms with Gasteiger partial charge in [-0.2, -0.15) is 0 Å². The van der Waals surface area contributed by atoms with E-state index in [-0.39, 0.29) is 17.9 Å². The van der Waals surface area contributed by atoms with Gasteiger partial charge in [-0.25, -0.2) is 0 Å². The first-order chi connectivity index (χ1) is 14.5. The molecule has 2 aromatic heterocycles. The molecule has 8 heteroatoms. The van der Waals surface area contributed by atoms with Crippen molar-refractivity contribution in [1.82, 2.24) is 4.90 Å². The van der Waals surface area contributed by atoms with Crippen LogP contribution in [-0.4, -0.2) is 35.9 Å². The van der Waals surface area contributed by atoms with Crippen LogP contribution in [0.15, 0.2) is 58.8 Å². The molecule has 6 nitrogen and oxygen atoms in total. The van der Waals surface area contributed by atoms with Crippen molar-refractivity contribution in [2.45, 2.75) is 12.6 Å². The van der Waals surface area contributed by atoms with Gasteiger partial charge in [-0.05, 0) is 41.1 Å². The van der Waals surface area contributed by atoms with Gasteiger partial charge in [0.15, 0.2) is 0 Å². The topological polar surface area (TPSA) is 76.1 Å². The lowest BCUT2D eigenvalue weighted by Crippen LogP contribution is -2.28. The highest BCUT2D eigenvalue weighted by Gasteiger charge is 2.46. The van der Waals surface area contributed by atoms with Gasteiger partial charge in [-0.3, -0.25) is 9.59 Å². The van der Waals surface area contributed by atoms with Crippen molar-refractivity contribution in [1.29, 1.82) is 0 Å². The summed E-state index contributed by atoms with van der Waals surface area (Å²) in [6.45, 7) is 0.289. The highest BCUT2D eigenvalue weighted by atomic mass is 32.1. The van der Waals surface area contributed by atoms with Crippen LogP contribution in [0.1, 0.15) is 21.4 Å². The van der Waals surface area contributed by atoms with Gasteiger partial charge in [-0.15, -0.1) is 22.7 Å². The monoisotopic (exact) mass is 441 g/mol. The fraction of sp³-hybridized carbons (Fsp3) is 0.182. The van der Waals surface area contributed by atoms with Crippen LogP contribution in [0.5, 0.6) is 11.5 Å². The molecule has 1 saturated heterocycles. The van der Waals surface area contributed by atoms with E-state index >= 15 is 0 Å². The smallest absolute Gasteiger partial charge is 0.296 e. The number of rotatable bonds is 6.